The Balaban J connectivity index is 1.63. The number of anilines is 1. The van der Waals surface area contributed by atoms with Crippen molar-refractivity contribution in [1.82, 2.24) is 15.9 Å². The Morgan fingerprint density at radius 3 is 3.09 bits per heavy atom. The first-order chi connectivity index (χ1) is 11.1. The second kappa shape index (κ2) is 5.41. The van der Waals surface area contributed by atoms with Crippen LogP contribution >= 0.6 is 0 Å². The van der Waals surface area contributed by atoms with Crippen molar-refractivity contribution in [3.05, 3.63) is 64.5 Å². The largest absolute Gasteiger partial charge is 0.312 e. The molecule has 0 spiro atoms. The summed E-state index contributed by atoms with van der Waals surface area (Å²) in [4.78, 5) is 5.22. The first kappa shape index (κ1) is 14.3. The number of nitrogens with zero attached hydrogens (tertiary/aromatic N) is 1. The third-order valence-corrected chi connectivity index (χ3v) is 5.37. The van der Waals surface area contributed by atoms with Gasteiger partial charge in [-0.15, -0.1) is 0 Å². The summed E-state index contributed by atoms with van der Waals surface area (Å²) in [5.41, 5.74) is 5.93. The molecular formula is C15H16N4O3S. The minimum Gasteiger partial charge on any atom is -0.312 e. The number of sulfonamides is 1. The number of nitrogens with one attached hydrogen (secondary N) is 3. The van der Waals surface area contributed by atoms with E-state index in [1.165, 1.54) is 16.8 Å². The van der Waals surface area contributed by atoms with E-state index in [0.717, 1.165) is 25.1 Å². The molecule has 1 aromatic carbocycles. The van der Waals surface area contributed by atoms with Crippen LogP contribution in [0.4, 0.5) is 5.69 Å². The number of benzene rings is 1. The van der Waals surface area contributed by atoms with Gasteiger partial charge in [0.15, 0.2) is 0 Å². The van der Waals surface area contributed by atoms with E-state index in [2.05, 4.69) is 15.5 Å². The minimum atomic E-state index is -3.71. The van der Waals surface area contributed by atoms with Gasteiger partial charge >= 0.3 is 0 Å². The molecule has 0 unspecified atom stereocenters. The van der Waals surface area contributed by atoms with Gasteiger partial charge in [-0.2, -0.15) is 4.94 Å². The fourth-order valence-corrected chi connectivity index (χ4v) is 4.05. The zero-order chi connectivity index (χ0) is 15.9. The van der Waals surface area contributed by atoms with E-state index in [4.69, 9.17) is 4.94 Å². The smallest absolute Gasteiger partial charge is 0.264 e. The Kier molecular flexibility index (Phi) is 3.37. The summed E-state index contributed by atoms with van der Waals surface area (Å²) in [6, 6.07) is 5.67. The van der Waals surface area contributed by atoms with Crippen LogP contribution in [0.15, 0.2) is 53.4 Å². The number of rotatable bonds is 3. The van der Waals surface area contributed by atoms with E-state index in [1.54, 1.807) is 24.4 Å². The van der Waals surface area contributed by atoms with E-state index in [1.807, 2.05) is 12.1 Å². The molecule has 3 aliphatic heterocycles. The van der Waals surface area contributed by atoms with Crippen molar-refractivity contribution >= 4 is 15.7 Å². The zero-order valence-electron chi connectivity index (χ0n) is 12.2. The van der Waals surface area contributed by atoms with E-state index < -0.39 is 10.0 Å². The van der Waals surface area contributed by atoms with Crippen LogP contribution in [0.5, 0.6) is 0 Å². The van der Waals surface area contributed by atoms with Crippen molar-refractivity contribution < 1.29 is 13.4 Å². The first-order valence-electron chi connectivity index (χ1n) is 7.30. The van der Waals surface area contributed by atoms with Crippen LogP contribution < -0.4 is 15.5 Å². The van der Waals surface area contributed by atoms with Crippen LogP contribution in [0.3, 0.4) is 0 Å². The van der Waals surface area contributed by atoms with Gasteiger partial charge < -0.3 is 5.32 Å². The highest BCUT2D eigenvalue weighted by atomic mass is 32.2. The van der Waals surface area contributed by atoms with Crippen LogP contribution in [0.2, 0.25) is 0 Å². The van der Waals surface area contributed by atoms with Gasteiger partial charge in [0.1, 0.15) is 10.6 Å². The molecule has 0 bridgehead atoms. The summed E-state index contributed by atoms with van der Waals surface area (Å²) in [7, 11) is -3.71. The third-order valence-electron chi connectivity index (χ3n) is 3.94. The van der Waals surface area contributed by atoms with E-state index in [9.17, 15) is 8.42 Å². The highest BCUT2D eigenvalue weighted by molar-refractivity contribution is 7.96. The Bertz CT molecular complexity index is 842. The number of allylic oxidation sites excluding steroid dienone is 2. The molecule has 0 aliphatic carbocycles. The molecule has 0 aromatic heterocycles. The molecule has 0 amide bonds. The predicted molar refractivity (Wildman–Crippen MR) is 85.8 cm³/mol. The molecule has 7 nitrogen and oxygen atoms in total. The molecule has 1 aromatic rings. The van der Waals surface area contributed by atoms with E-state index >= 15 is 0 Å². The van der Waals surface area contributed by atoms with Crippen LogP contribution in [0.1, 0.15) is 11.1 Å². The Labute approximate surface area is 134 Å². The lowest BCUT2D eigenvalue weighted by Crippen LogP contribution is -2.25. The summed E-state index contributed by atoms with van der Waals surface area (Å²) >= 11 is 0. The van der Waals surface area contributed by atoms with E-state index in [0.29, 0.717) is 11.4 Å². The normalized spacial score (nSPS) is 19.4. The van der Waals surface area contributed by atoms with Gasteiger partial charge in [-0.3, -0.25) is 4.72 Å². The molecule has 3 N–H and O–H groups in total. The lowest BCUT2D eigenvalue weighted by Gasteiger charge is -2.21. The molecule has 8 heteroatoms. The Morgan fingerprint density at radius 2 is 2.17 bits per heavy atom. The lowest BCUT2D eigenvalue weighted by molar-refractivity contribution is -0.112. The van der Waals surface area contributed by atoms with Gasteiger partial charge in [0, 0.05) is 18.4 Å². The van der Waals surface area contributed by atoms with Crippen LogP contribution in [0.25, 0.3) is 0 Å². The number of hydroxylamine groups is 3. The molecule has 0 fully saturated rings. The van der Waals surface area contributed by atoms with Crippen molar-refractivity contribution in [1.29, 1.82) is 0 Å². The van der Waals surface area contributed by atoms with Gasteiger partial charge in [-0.1, -0.05) is 6.07 Å². The van der Waals surface area contributed by atoms with Crippen molar-refractivity contribution in [3.63, 3.8) is 0 Å². The van der Waals surface area contributed by atoms with Gasteiger partial charge in [0.2, 0.25) is 0 Å². The number of hydrogen-bond donors (Lipinski definition) is 3. The van der Waals surface area contributed by atoms with Crippen LogP contribution in [-0.2, 0) is 27.9 Å². The molecule has 3 aliphatic rings. The van der Waals surface area contributed by atoms with Crippen molar-refractivity contribution in [2.24, 2.45) is 0 Å². The maximum atomic E-state index is 12.7. The number of fused-ring (bicyclic) bond motifs is 2. The van der Waals surface area contributed by atoms with Gasteiger partial charge in [0.25, 0.3) is 10.0 Å². The summed E-state index contributed by atoms with van der Waals surface area (Å²) in [5.74, 6) is 0. The van der Waals surface area contributed by atoms with Crippen LogP contribution in [-0.4, -0.2) is 20.0 Å². The second-order valence-electron chi connectivity index (χ2n) is 5.45. The fourth-order valence-electron chi connectivity index (χ4n) is 2.82. The molecule has 3 heterocycles. The van der Waals surface area contributed by atoms with Gasteiger partial charge in [0.05, 0.1) is 6.20 Å². The maximum Gasteiger partial charge on any atom is 0.264 e. The minimum absolute atomic E-state index is 0.154. The summed E-state index contributed by atoms with van der Waals surface area (Å²) in [5, 5.41) is 4.65. The van der Waals surface area contributed by atoms with E-state index in [-0.39, 0.29) is 4.91 Å². The molecule has 0 radical (unpaired) electrons. The van der Waals surface area contributed by atoms with Crippen molar-refractivity contribution in [2.75, 3.05) is 11.3 Å². The molecule has 4 rings (SSSR count). The molecular weight excluding hydrogens is 316 g/mol. The van der Waals surface area contributed by atoms with Crippen LogP contribution in [0, 0.1) is 0 Å². The molecule has 0 atom stereocenters. The highest BCUT2D eigenvalue weighted by Gasteiger charge is 2.30. The average Bonchev–Trinajstić information content (AvgIpc) is 3.02. The third kappa shape index (κ3) is 2.61. The zero-order valence-corrected chi connectivity index (χ0v) is 13.1. The van der Waals surface area contributed by atoms with Crippen molar-refractivity contribution in [2.45, 2.75) is 13.0 Å². The maximum absolute atomic E-state index is 12.7. The summed E-state index contributed by atoms with van der Waals surface area (Å²) in [6.07, 6.45) is 7.26. The molecule has 23 heavy (non-hydrogen) atoms. The number of hydrogen-bond acceptors (Lipinski definition) is 6. The predicted octanol–water partition coefficient (Wildman–Crippen LogP) is 1.08. The summed E-state index contributed by atoms with van der Waals surface area (Å²) < 4.78 is 28.0. The van der Waals surface area contributed by atoms with Gasteiger partial charge in [-0.25, -0.2) is 19.0 Å². The standard InChI is InChI=1S/C15H16N4O3S/c20-23(21,15-2-1-7-19-14(15)10-17-22-19)18-13-4-3-11-5-6-16-9-12(11)8-13/h1-4,7-8,10,16-18H,5-6,9H2. The fraction of sp³-hybridized carbons (Fsp3) is 0.200. The second-order valence-corrected chi connectivity index (χ2v) is 7.10. The first-order valence-corrected chi connectivity index (χ1v) is 8.78. The quantitative estimate of drug-likeness (QED) is 0.768. The lowest BCUT2D eigenvalue weighted by atomic mass is 10.0. The molecule has 0 saturated heterocycles. The Hall–Kier alpha value is -2.29. The topological polar surface area (TPSA) is 82.7 Å². The molecule has 120 valence electrons. The summed E-state index contributed by atoms with van der Waals surface area (Å²) in [6.45, 7) is 1.71. The van der Waals surface area contributed by atoms with Crippen molar-refractivity contribution in [3.8, 4) is 0 Å². The highest BCUT2D eigenvalue weighted by Crippen LogP contribution is 2.29. The Morgan fingerprint density at radius 1 is 1.26 bits per heavy atom. The SMILES string of the molecule is O=S(=O)(Nc1ccc2c(c1)CNCC2)C1=CC=CN2ONC=C12. The van der Waals surface area contributed by atoms with Gasteiger partial charge in [-0.05, 0) is 48.4 Å². The monoisotopic (exact) mass is 332 g/mol. The molecule has 0 saturated carbocycles. The average molecular weight is 332 g/mol.